The molecule has 0 aliphatic heterocycles. The van der Waals surface area contributed by atoms with Gasteiger partial charge in [-0.25, -0.2) is 0 Å². The van der Waals surface area contributed by atoms with Gasteiger partial charge in [0.15, 0.2) is 5.78 Å². The van der Waals surface area contributed by atoms with Gasteiger partial charge in [0, 0.05) is 11.5 Å². The first-order valence-corrected chi connectivity index (χ1v) is 4.89. The van der Waals surface area contributed by atoms with Crippen LogP contribution in [0.25, 0.3) is 0 Å². The van der Waals surface area contributed by atoms with Crippen molar-refractivity contribution >= 4 is 5.78 Å². The molecule has 0 heterocycles. The Kier molecular flexibility index (Phi) is 3.63. The number of ketones is 1. The molecule has 1 heteroatoms. The highest BCUT2D eigenvalue weighted by atomic mass is 16.1. The SMILES string of the molecule is C=CCc1ccccc1C(=O)C(C)C. The molecule has 0 atom stereocenters. The average Bonchev–Trinajstić information content (AvgIpc) is 2.18. The Balaban J connectivity index is 3.06. The molecular weight excluding hydrogens is 172 g/mol. The van der Waals surface area contributed by atoms with Crippen LogP contribution in [0.3, 0.4) is 0 Å². The highest BCUT2D eigenvalue weighted by molar-refractivity contribution is 5.98. The third-order valence-corrected chi connectivity index (χ3v) is 2.17. The summed E-state index contributed by atoms with van der Waals surface area (Å²) in [4.78, 5) is 11.8. The van der Waals surface area contributed by atoms with Gasteiger partial charge in [-0.05, 0) is 12.0 Å². The summed E-state index contributed by atoms with van der Waals surface area (Å²) in [6.07, 6.45) is 2.58. The monoisotopic (exact) mass is 188 g/mol. The van der Waals surface area contributed by atoms with Crippen LogP contribution in [0.2, 0.25) is 0 Å². The van der Waals surface area contributed by atoms with Crippen LogP contribution in [-0.4, -0.2) is 5.78 Å². The van der Waals surface area contributed by atoms with Crippen molar-refractivity contribution in [3.63, 3.8) is 0 Å². The second-order valence-electron chi connectivity index (χ2n) is 3.67. The molecule has 1 aromatic rings. The van der Waals surface area contributed by atoms with Crippen LogP contribution in [0.15, 0.2) is 36.9 Å². The molecule has 1 nitrogen and oxygen atoms in total. The lowest BCUT2D eigenvalue weighted by atomic mass is 9.95. The standard InChI is InChI=1S/C13H16O/c1-4-7-11-8-5-6-9-12(11)13(14)10(2)3/h4-6,8-10H,1,7H2,2-3H3. The molecule has 0 saturated carbocycles. The van der Waals surface area contributed by atoms with Crippen LogP contribution < -0.4 is 0 Å². The summed E-state index contributed by atoms with van der Waals surface area (Å²) in [5.74, 6) is 0.267. The number of benzene rings is 1. The van der Waals surface area contributed by atoms with Crippen molar-refractivity contribution in [3.05, 3.63) is 48.0 Å². The normalized spacial score (nSPS) is 10.2. The number of hydrogen-bond donors (Lipinski definition) is 0. The van der Waals surface area contributed by atoms with Crippen molar-refractivity contribution in [1.82, 2.24) is 0 Å². The molecule has 1 aromatic carbocycles. The third kappa shape index (κ3) is 2.32. The van der Waals surface area contributed by atoms with E-state index in [9.17, 15) is 4.79 Å². The second-order valence-corrected chi connectivity index (χ2v) is 3.67. The number of carbonyl (C=O) groups is 1. The van der Waals surface area contributed by atoms with Gasteiger partial charge in [0.2, 0.25) is 0 Å². The van der Waals surface area contributed by atoms with Crippen LogP contribution in [0, 0.1) is 5.92 Å². The van der Waals surface area contributed by atoms with Crippen molar-refractivity contribution in [1.29, 1.82) is 0 Å². The summed E-state index contributed by atoms with van der Waals surface area (Å²) in [7, 11) is 0. The number of rotatable bonds is 4. The van der Waals surface area contributed by atoms with Gasteiger partial charge < -0.3 is 0 Å². The molecule has 1 rings (SSSR count). The highest BCUT2D eigenvalue weighted by Crippen LogP contribution is 2.14. The molecule has 0 spiro atoms. The Morgan fingerprint density at radius 2 is 2.07 bits per heavy atom. The molecular formula is C13H16O. The minimum Gasteiger partial charge on any atom is -0.294 e. The zero-order valence-corrected chi connectivity index (χ0v) is 8.79. The molecule has 0 aliphatic rings. The molecule has 0 amide bonds. The lowest BCUT2D eigenvalue weighted by Crippen LogP contribution is -2.10. The summed E-state index contributed by atoms with van der Waals surface area (Å²) >= 11 is 0. The van der Waals surface area contributed by atoms with Crippen molar-refractivity contribution in [2.75, 3.05) is 0 Å². The molecule has 0 bridgehead atoms. The molecule has 74 valence electrons. The lowest BCUT2D eigenvalue weighted by molar-refractivity contribution is 0.0938. The zero-order valence-electron chi connectivity index (χ0n) is 8.79. The van der Waals surface area contributed by atoms with Gasteiger partial charge in [-0.2, -0.15) is 0 Å². The van der Waals surface area contributed by atoms with Crippen LogP contribution in [0.1, 0.15) is 29.8 Å². The summed E-state index contributed by atoms with van der Waals surface area (Å²) < 4.78 is 0. The molecule has 0 unspecified atom stereocenters. The van der Waals surface area contributed by atoms with E-state index in [1.54, 1.807) is 0 Å². The van der Waals surface area contributed by atoms with Gasteiger partial charge in [-0.1, -0.05) is 44.2 Å². The molecule has 0 aliphatic carbocycles. The fourth-order valence-corrected chi connectivity index (χ4v) is 1.41. The van der Waals surface area contributed by atoms with Gasteiger partial charge in [0.1, 0.15) is 0 Å². The van der Waals surface area contributed by atoms with Gasteiger partial charge in [0.25, 0.3) is 0 Å². The van der Waals surface area contributed by atoms with E-state index in [-0.39, 0.29) is 11.7 Å². The molecule has 0 radical (unpaired) electrons. The van der Waals surface area contributed by atoms with Crippen LogP contribution >= 0.6 is 0 Å². The lowest BCUT2D eigenvalue weighted by Gasteiger charge is -2.08. The van der Waals surface area contributed by atoms with Crippen molar-refractivity contribution in [2.24, 2.45) is 5.92 Å². The minimum absolute atomic E-state index is 0.0564. The zero-order chi connectivity index (χ0) is 10.6. The Morgan fingerprint density at radius 1 is 1.43 bits per heavy atom. The Labute approximate surface area is 85.5 Å². The predicted molar refractivity (Wildman–Crippen MR) is 59.5 cm³/mol. The van der Waals surface area contributed by atoms with Crippen LogP contribution in [0.5, 0.6) is 0 Å². The Hall–Kier alpha value is -1.37. The van der Waals surface area contributed by atoms with E-state index in [2.05, 4.69) is 6.58 Å². The maximum absolute atomic E-state index is 11.8. The van der Waals surface area contributed by atoms with Crippen LogP contribution in [-0.2, 0) is 6.42 Å². The van der Waals surface area contributed by atoms with Crippen molar-refractivity contribution in [3.8, 4) is 0 Å². The van der Waals surface area contributed by atoms with Crippen LogP contribution in [0.4, 0.5) is 0 Å². The number of hydrogen-bond acceptors (Lipinski definition) is 1. The topological polar surface area (TPSA) is 17.1 Å². The van der Waals surface area contributed by atoms with E-state index >= 15 is 0 Å². The maximum atomic E-state index is 11.8. The van der Waals surface area contributed by atoms with Gasteiger partial charge in [-0.15, -0.1) is 6.58 Å². The molecule has 0 aromatic heterocycles. The summed E-state index contributed by atoms with van der Waals surface area (Å²) in [5, 5.41) is 0. The Bertz CT molecular complexity index is 337. The van der Waals surface area contributed by atoms with E-state index < -0.39 is 0 Å². The van der Waals surface area contributed by atoms with E-state index in [4.69, 9.17) is 0 Å². The average molecular weight is 188 g/mol. The quantitative estimate of drug-likeness (QED) is 0.523. The molecule has 0 N–H and O–H groups in total. The summed E-state index contributed by atoms with van der Waals surface area (Å²) in [5.41, 5.74) is 1.91. The fourth-order valence-electron chi connectivity index (χ4n) is 1.41. The minimum atomic E-state index is 0.0564. The van der Waals surface area contributed by atoms with Gasteiger partial charge in [-0.3, -0.25) is 4.79 Å². The van der Waals surface area contributed by atoms with Crippen molar-refractivity contribution in [2.45, 2.75) is 20.3 Å². The summed E-state index contributed by atoms with van der Waals surface area (Å²) in [6, 6.07) is 7.73. The van der Waals surface area contributed by atoms with Crippen molar-refractivity contribution < 1.29 is 4.79 Å². The Morgan fingerprint density at radius 3 is 2.64 bits per heavy atom. The first-order valence-electron chi connectivity index (χ1n) is 4.89. The van der Waals surface area contributed by atoms with E-state index in [1.807, 2.05) is 44.2 Å². The maximum Gasteiger partial charge on any atom is 0.165 e. The number of Topliss-reactive ketones (excluding diaryl/α,β-unsaturated/α-hetero) is 1. The van der Waals surface area contributed by atoms with Gasteiger partial charge in [0.05, 0.1) is 0 Å². The number of carbonyl (C=O) groups excluding carboxylic acids is 1. The second kappa shape index (κ2) is 4.75. The molecule has 0 fully saturated rings. The van der Waals surface area contributed by atoms with E-state index in [1.165, 1.54) is 0 Å². The first-order chi connectivity index (χ1) is 6.66. The number of allylic oxidation sites excluding steroid dienone is 1. The fraction of sp³-hybridized carbons (Fsp3) is 0.308. The third-order valence-electron chi connectivity index (χ3n) is 2.17. The smallest absolute Gasteiger partial charge is 0.165 e. The summed E-state index contributed by atoms with van der Waals surface area (Å²) in [6.45, 7) is 7.54. The molecule has 0 saturated heterocycles. The largest absolute Gasteiger partial charge is 0.294 e. The van der Waals surface area contributed by atoms with E-state index in [0.29, 0.717) is 0 Å². The highest BCUT2D eigenvalue weighted by Gasteiger charge is 2.12. The van der Waals surface area contributed by atoms with E-state index in [0.717, 1.165) is 17.5 Å². The first kappa shape index (κ1) is 10.7. The molecule has 14 heavy (non-hydrogen) atoms. The predicted octanol–water partition coefficient (Wildman–Crippen LogP) is 3.25. The van der Waals surface area contributed by atoms with Gasteiger partial charge >= 0.3 is 0 Å².